The number of nitrogens with two attached hydrogens (primary N) is 2. The first-order valence-electron chi connectivity index (χ1n) is 6.83. The Kier molecular flexibility index (Phi) is 4.60. The number of piperidine rings is 1. The Morgan fingerprint density at radius 3 is 2.84 bits per heavy atom. The fourth-order valence-electron chi connectivity index (χ4n) is 2.92. The molecular weight excluding hydrogens is 258 g/mol. The van der Waals surface area contributed by atoms with Crippen LogP contribution in [0.4, 0.5) is 0 Å². The lowest BCUT2D eigenvalue weighted by Gasteiger charge is -2.41. The summed E-state index contributed by atoms with van der Waals surface area (Å²) in [7, 11) is 0. The monoisotopic (exact) mass is 281 g/mol. The van der Waals surface area contributed by atoms with Crippen LogP contribution in [0, 0.1) is 12.8 Å². The molecule has 3 atom stereocenters. The van der Waals surface area contributed by atoms with Crippen LogP contribution >= 0.6 is 11.3 Å². The van der Waals surface area contributed by atoms with E-state index in [-0.39, 0.29) is 17.9 Å². The number of carbonyl (C=O) groups excluding carboxylic acids is 1. The van der Waals surface area contributed by atoms with Crippen molar-refractivity contribution in [3.05, 3.63) is 21.9 Å². The molecule has 0 bridgehead atoms. The third kappa shape index (κ3) is 2.99. The molecule has 1 aliphatic heterocycles. The highest BCUT2D eigenvalue weighted by Crippen LogP contribution is 2.34. The second-order valence-corrected chi connectivity index (χ2v) is 6.39. The van der Waals surface area contributed by atoms with Gasteiger partial charge >= 0.3 is 0 Å². The molecule has 0 aromatic carbocycles. The van der Waals surface area contributed by atoms with E-state index in [1.165, 1.54) is 10.4 Å². The van der Waals surface area contributed by atoms with Gasteiger partial charge in [-0.05, 0) is 43.7 Å². The lowest BCUT2D eigenvalue weighted by molar-refractivity contribution is -0.124. The first-order chi connectivity index (χ1) is 9.04. The molecule has 1 aliphatic rings. The van der Waals surface area contributed by atoms with E-state index in [1.54, 1.807) is 11.3 Å². The highest BCUT2D eigenvalue weighted by Gasteiger charge is 2.33. The van der Waals surface area contributed by atoms with Crippen LogP contribution in [0.5, 0.6) is 0 Å². The fraction of sp³-hybridized carbons (Fsp3) is 0.643. The van der Waals surface area contributed by atoms with Gasteiger partial charge in [0.2, 0.25) is 5.91 Å². The van der Waals surface area contributed by atoms with Crippen LogP contribution in [0.1, 0.15) is 36.2 Å². The minimum Gasteiger partial charge on any atom is -0.369 e. The number of amides is 1. The Bertz CT molecular complexity index is 446. The molecule has 4 N–H and O–H groups in total. The van der Waals surface area contributed by atoms with E-state index in [0.717, 1.165) is 19.4 Å². The Balaban J connectivity index is 2.21. The number of thiophene rings is 1. The number of hydrogen-bond donors (Lipinski definition) is 2. The number of rotatable bonds is 4. The molecule has 4 nitrogen and oxygen atoms in total. The number of aryl methyl sites for hydroxylation is 1. The smallest absolute Gasteiger partial charge is 0.221 e. The average Bonchev–Trinajstić information content (AvgIpc) is 2.79. The van der Waals surface area contributed by atoms with E-state index in [0.29, 0.717) is 12.6 Å². The normalized spacial score (nSPS) is 26.3. The summed E-state index contributed by atoms with van der Waals surface area (Å²) in [5.41, 5.74) is 12.8. The van der Waals surface area contributed by atoms with E-state index >= 15 is 0 Å². The van der Waals surface area contributed by atoms with E-state index in [4.69, 9.17) is 11.5 Å². The molecule has 0 aliphatic carbocycles. The highest BCUT2D eigenvalue weighted by molar-refractivity contribution is 7.10. The summed E-state index contributed by atoms with van der Waals surface area (Å²) in [6.07, 6.45) is 1.91. The molecule has 3 unspecified atom stereocenters. The molecule has 0 spiro atoms. The van der Waals surface area contributed by atoms with Crippen molar-refractivity contribution >= 4 is 17.2 Å². The number of likely N-dealkylation sites (tertiary alicyclic amines) is 1. The van der Waals surface area contributed by atoms with Gasteiger partial charge in [0.1, 0.15) is 0 Å². The van der Waals surface area contributed by atoms with Gasteiger partial charge in [-0.1, -0.05) is 0 Å². The van der Waals surface area contributed by atoms with Crippen molar-refractivity contribution in [2.24, 2.45) is 17.4 Å². The third-order valence-electron chi connectivity index (χ3n) is 4.16. The van der Waals surface area contributed by atoms with Crippen molar-refractivity contribution in [2.75, 3.05) is 13.1 Å². The first kappa shape index (κ1) is 14.5. The summed E-state index contributed by atoms with van der Waals surface area (Å²) in [5, 5.41) is 2.10. The minimum atomic E-state index is -0.185. The lowest BCUT2D eigenvalue weighted by Crippen LogP contribution is -2.48. The van der Waals surface area contributed by atoms with Gasteiger partial charge in [-0.2, -0.15) is 0 Å². The Morgan fingerprint density at radius 1 is 1.58 bits per heavy atom. The largest absolute Gasteiger partial charge is 0.369 e. The zero-order valence-electron chi connectivity index (χ0n) is 11.6. The molecule has 106 valence electrons. The van der Waals surface area contributed by atoms with Crippen LogP contribution in [-0.4, -0.2) is 29.9 Å². The van der Waals surface area contributed by atoms with Crippen LogP contribution in [-0.2, 0) is 4.79 Å². The molecule has 2 heterocycles. The third-order valence-corrected chi connectivity index (χ3v) is 5.28. The van der Waals surface area contributed by atoms with Gasteiger partial charge < -0.3 is 11.5 Å². The molecular formula is C14H23N3OS. The maximum atomic E-state index is 11.4. The van der Waals surface area contributed by atoms with E-state index < -0.39 is 0 Å². The van der Waals surface area contributed by atoms with Gasteiger partial charge in [-0.15, -0.1) is 11.3 Å². The van der Waals surface area contributed by atoms with Crippen molar-refractivity contribution in [1.29, 1.82) is 0 Å². The second kappa shape index (κ2) is 6.03. The zero-order chi connectivity index (χ0) is 14.0. The lowest BCUT2D eigenvalue weighted by atomic mass is 9.91. The van der Waals surface area contributed by atoms with E-state index in [2.05, 4.69) is 30.2 Å². The minimum absolute atomic E-state index is 0.0366. The summed E-state index contributed by atoms with van der Waals surface area (Å²) in [4.78, 5) is 15.1. The van der Waals surface area contributed by atoms with Gasteiger partial charge in [0.05, 0.1) is 12.0 Å². The molecule has 1 saturated heterocycles. The molecule has 2 rings (SSSR count). The summed E-state index contributed by atoms with van der Waals surface area (Å²) in [6.45, 7) is 5.64. The molecule has 5 heteroatoms. The summed E-state index contributed by atoms with van der Waals surface area (Å²) < 4.78 is 0. The summed E-state index contributed by atoms with van der Waals surface area (Å²) in [6, 6.07) is 2.78. The topological polar surface area (TPSA) is 72.3 Å². The number of nitrogens with zero attached hydrogens (tertiary/aromatic N) is 1. The SMILES string of the molecule is Cc1ccsc1C(CN)N1CC(C(N)=O)CCC1C. The summed E-state index contributed by atoms with van der Waals surface area (Å²) >= 11 is 1.75. The maximum Gasteiger partial charge on any atom is 0.221 e. The van der Waals surface area contributed by atoms with Crippen LogP contribution in [0.2, 0.25) is 0 Å². The average molecular weight is 281 g/mol. The van der Waals surface area contributed by atoms with E-state index in [1.807, 2.05) is 0 Å². The van der Waals surface area contributed by atoms with Crippen LogP contribution < -0.4 is 11.5 Å². The molecule has 0 saturated carbocycles. The number of hydrogen-bond acceptors (Lipinski definition) is 4. The fourth-order valence-corrected chi connectivity index (χ4v) is 3.98. The Hall–Kier alpha value is -0.910. The van der Waals surface area contributed by atoms with Crippen LogP contribution in [0.3, 0.4) is 0 Å². The molecule has 1 amide bonds. The van der Waals surface area contributed by atoms with Gasteiger partial charge in [-0.3, -0.25) is 9.69 Å². The quantitative estimate of drug-likeness (QED) is 0.881. The van der Waals surface area contributed by atoms with Gasteiger partial charge in [0.15, 0.2) is 0 Å². The predicted octanol–water partition coefficient (Wildman–Crippen LogP) is 1.64. The second-order valence-electron chi connectivity index (χ2n) is 5.44. The van der Waals surface area contributed by atoms with Crippen molar-refractivity contribution in [3.63, 3.8) is 0 Å². The molecule has 1 fully saturated rings. The molecule has 1 aromatic rings. The Labute approximate surface area is 118 Å². The van der Waals surface area contributed by atoms with Crippen LogP contribution in [0.25, 0.3) is 0 Å². The molecule has 1 aromatic heterocycles. The van der Waals surface area contributed by atoms with Crippen molar-refractivity contribution in [2.45, 2.75) is 38.8 Å². The Morgan fingerprint density at radius 2 is 2.32 bits per heavy atom. The van der Waals surface area contributed by atoms with E-state index in [9.17, 15) is 4.79 Å². The van der Waals surface area contributed by atoms with Gasteiger partial charge in [0, 0.05) is 24.0 Å². The van der Waals surface area contributed by atoms with Crippen molar-refractivity contribution in [3.8, 4) is 0 Å². The summed E-state index contributed by atoms with van der Waals surface area (Å²) in [5.74, 6) is -0.221. The standard InChI is InChI=1S/C14H23N3OS/c1-9-5-6-19-13(9)12(7-15)17-8-11(14(16)18)4-3-10(17)2/h5-6,10-12H,3-4,7-8,15H2,1-2H3,(H2,16,18). The van der Waals surface area contributed by atoms with Crippen molar-refractivity contribution < 1.29 is 4.79 Å². The number of primary amides is 1. The van der Waals surface area contributed by atoms with Gasteiger partial charge in [-0.25, -0.2) is 0 Å². The first-order valence-corrected chi connectivity index (χ1v) is 7.71. The highest BCUT2D eigenvalue weighted by atomic mass is 32.1. The number of carbonyl (C=O) groups is 1. The predicted molar refractivity (Wildman–Crippen MR) is 78.9 cm³/mol. The molecule has 0 radical (unpaired) electrons. The van der Waals surface area contributed by atoms with Crippen LogP contribution in [0.15, 0.2) is 11.4 Å². The van der Waals surface area contributed by atoms with Crippen molar-refractivity contribution in [1.82, 2.24) is 4.90 Å². The zero-order valence-corrected chi connectivity index (χ0v) is 12.5. The molecule has 19 heavy (non-hydrogen) atoms. The van der Waals surface area contributed by atoms with Gasteiger partial charge in [0.25, 0.3) is 0 Å². The maximum absolute atomic E-state index is 11.4.